The smallest absolute Gasteiger partial charge is 0.249 e. The Morgan fingerprint density at radius 2 is 1.96 bits per heavy atom. The van der Waals surface area contributed by atoms with Crippen LogP contribution >= 0.6 is 0 Å². The minimum Gasteiger partial charge on any atom is -0.497 e. The summed E-state index contributed by atoms with van der Waals surface area (Å²) in [7, 11) is 1.62. The van der Waals surface area contributed by atoms with Crippen molar-refractivity contribution in [3.63, 3.8) is 0 Å². The fourth-order valence-corrected chi connectivity index (χ4v) is 2.30. The highest BCUT2D eigenvalue weighted by Crippen LogP contribution is 2.20. The molecule has 1 aromatic carbocycles. The molecule has 0 fully saturated rings. The number of amides is 1. The summed E-state index contributed by atoms with van der Waals surface area (Å²) in [5.74, 6) is 2.24. The molecule has 1 heterocycles. The van der Waals surface area contributed by atoms with Gasteiger partial charge in [0.2, 0.25) is 11.9 Å². The Balaban J connectivity index is 1.93. The lowest BCUT2D eigenvalue weighted by atomic mass is 9.96. The van der Waals surface area contributed by atoms with Gasteiger partial charge in [0.15, 0.2) is 5.82 Å². The second kappa shape index (κ2) is 8.47. The van der Waals surface area contributed by atoms with Crippen molar-refractivity contribution < 1.29 is 9.53 Å². The Bertz CT molecular complexity index is 651. The van der Waals surface area contributed by atoms with Gasteiger partial charge in [-0.25, -0.2) is 0 Å². The molecule has 0 aliphatic carbocycles. The first-order valence-corrected chi connectivity index (χ1v) is 8.41. The first-order valence-electron chi connectivity index (χ1n) is 8.41. The molecule has 2 atom stereocenters. The zero-order valence-electron chi connectivity index (χ0n) is 14.8. The van der Waals surface area contributed by atoms with E-state index in [1.807, 2.05) is 31.2 Å². The first kappa shape index (κ1) is 18.0. The molecule has 0 saturated carbocycles. The van der Waals surface area contributed by atoms with Crippen LogP contribution in [0.1, 0.15) is 40.0 Å². The number of aromatic nitrogens is 3. The molecule has 2 N–H and O–H groups in total. The van der Waals surface area contributed by atoms with Gasteiger partial charge in [-0.3, -0.25) is 15.2 Å². The third-order valence-corrected chi connectivity index (χ3v) is 4.32. The zero-order valence-corrected chi connectivity index (χ0v) is 14.8. The summed E-state index contributed by atoms with van der Waals surface area (Å²) in [4.78, 5) is 16.6. The van der Waals surface area contributed by atoms with E-state index < -0.39 is 0 Å². The van der Waals surface area contributed by atoms with E-state index in [9.17, 15) is 4.79 Å². The van der Waals surface area contributed by atoms with E-state index in [2.05, 4.69) is 34.3 Å². The zero-order chi connectivity index (χ0) is 17.5. The number of ether oxygens (including phenoxy) is 1. The Labute approximate surface area is 143 Å². The van der Waals surface area contributed by atoms with Crippen molar-refractivity contribution in [2.45, 2.75) is 40.0 Å². The SMILES string of the molecule is CCC(C)CCC(C)C(=O)Nc1n[nH]c(-c2ccc(OC)cc2)n1. The van der Waals surface area contributed by atoms with Crippen LogP contribution in [0.5, 0.6) is 5.75 Å². The molecule has 6 nitrogen and oxygen atoms in total. The van der Waals surface area contributed by atoms with Crippen molar-refractivity contribution in [2.75, 3.05) is 12.4 Å². The van der Waals surface area contributed by atoms with Gasteiger partial charge >= 0.3 is 0 Å². The van der Waals surface area contributed by atoms with E-state index in [0.717, 1.165) is 30.6 Å². The van der Waals surface area contributed by atoms with Gasteiger partial charge < -0.3 is 4.74 Å². The first-order chi connectivity index (χ1) is 11.5. The number of carbonyl (C=O) groups is 1. The van der Waals surface area contributed by atoms with E-state index in [-0.39, 0.29) is 11.8 Å². The third kappa shape index (κ3) is 4.81. The molecule has 0 radical (unpaired) electrons. The minimum absolute atomic E-state index is 0.0430. The van der Waals surface area contributed by atoms with Crippen molar-refractivity contribution in [2.24, 2.45) is 11.8 Å². The molecule has 2 aromatic rings. The molecule has 0 aliphatic heterocycles. The van der Waals surface area contributed by atoms with Gasteiger partial charge in [-0.2, -0.15) is 4.98 Å². The molecule has 1 amide bonds. The Morgan fingerprint density at radius 3 is 2.58 bits per heavy atom. The van der Waals surface area contributed by atoms with Gasteiger partial charge in [0.25, 0.3) is 0 Å². The van der Waals surface area contributed by atoms with Crippen molar-refractivity contribution in [1.82, 2.24) is 15.2 Å². The van der Waals surface area contributed by atoms with Crippen LogP contribution in [0.3, 0.4) is 0 Å². The van der Waals surface area contributed by atoms with Crippen LogP contribution in [-0.2, 0) is 4.79 Å². The van der Waals surface area contributed by atoms with Gasteiger partial charge in [-0.1, -0.05) is 27.2 Å². The molecule has 0 bridgehead atoms. The Hall–Kier alpha value is -2.37. The number of hydrogen-bond donors (Lipinski definition) is 2. The normalized spacial score (nSPS) is 13.3. The average molecular weight is 330 g/mol. The standard InChI is InChI=1S/C18H26N4O2/c1-5-12(2)6-7-13(3)17(23)20-18-19-16(21-22-18)14-8-10-15(24-4)11-9-14/h8-13H,5-7H2,1-4H3,(H2,19,20,21,22,23). The van der Waals surface area contributed by atoms with Gasteiger partial charge in [-0.15, -0.1) is 5.10 Å². The molecular weight excluding hydrogens is 304 g/mol. The van der Waals surface area contributed by atoms with E-state index >= 15 is 0 Å². The highest BCUT2D eigenvalue weighted by molar-refractivity contribution is 5.90. The van der Waals surface area contributed by atoms with E-state index in [1.165, 1.54) is 0 Å². The van der Waals surface area contributed by atoms with E-state index in [4.69, 9.17) is 4.74 Å². The molecule has 130 valence electrons. The van der Waals surface area contributed by atoms with E-state index in [0.29, 0.717) is 17.7 Å². The summed E-state index contributed by atoms with van der Waals surface area (Å²) in [6, 6.07) is 7.49. The van der Waals surface area contributed by atoms with Crippen LogP contribution in [0, 0.1) is 11.8 Å². The maximum atomic E-state index is 12.2. The Kier molecular flexibility index (Phi) is 6.35. The molecule has 0 spiro atoms. The van der Waals surface area contributed by atoms with Crippen molar-refractivity contribution >= 4 is 11.9 Å². The van der Waals surface area contributed by atoms with E-state index in [1.54, 1.807) is 7.11 Å². The summed E-state index contributed by atoms with van der Waals surface area (Å²) in [6.45, 7) is 6.32. The van der Waals surface area contributed by atoms with Gasteiger partial charge in [0.1, 0.15) is 5.75 Å². The number of benzene rings is 1. The number of nitrogens with zero attached hydrogens (tertiary/aromatic N) is 2. The van der Waals surface area contributed by atoms with Gasteiger partial charge in [-0.05, 0) is 43.0 Å². The second-order valence-electron chi connectivity index (χ2n) is 6.22. The summed E-state index contributed by atoms with van der Waals surface area (Å²) < 4.78 is 5.13. The number of nitrogens with one attached hydrogen (secondary N) is 2. The number of aromatic amines is 1. The highest BCUT2D eigenvalue weighted by Gasteiger charge is 2.16. The number of anilines is 1. The number of rotatable bonds is 8. The molecule has 0 saturated heterocycles. The van der Waals surface area contributed by atoms with Crippen LogP contribution in [0.25, 0.3) is 11.4 Å². The highest BCUT2D eigenvalue weighted by atomic mass is 16.5. The number of methoxy groups -OCH3 is 1. The topological polar surface area (TPSA) is 79.9 Å². The molecule has 2 unspecified atom stereocenters. The average Bonchev–Trinajstić information content (AvgIpc) is 3.07. The maximum absolute atomic E-state index is 12.2. The molecule has 2 rings (SSSR count). The molecular formula is C18H26N4O2. The summed E-state index contributed by atoms with van der Waals surface area (Å²) >= 11 is 0. The fourth-order valence-electron chi connectivity index (χ4n) is 2.30. The molecule has 0 aliphatic rings. The summed E-state index contributed by atoms with van der Waals surface area (Å²) in [5.41, 5.74) is 0.883. The van der Waals surface area contributed by atoms with Crippen molar-refractivity contribution in [3.05, 3.63) is 24.3 Å². The van der Waals surface area contributed by atoms with Crippen LogP contribution in [0.4, 0.5) is 5.95 Å². The van der Waals surface area contributed by atoms with Gasteiger partial charge in [0, 0.05) is 11.5 Å². The third-order valence-electron chi connectivity index (χ3n) is 4.32. The number of carbonyl (C=O) groups excluding carboxylic acids is 1. The predicted octanol–water partition coefficient (Wildman–Crippen LogP) is 3.88. The lowest BCUT2D eigenvalue weighted by molar-refractivity contribution is -0.119. The lowest BCUT2D eigenvalue weighted by Crippen LogP contribution is -2.21. The van der Waals surface area contributed by atoms with Crippen LogP contribution in [0.2, 0.25) is 0 Å². The summed E-state index contributed by atoms with van der Waals surface area (Å²) in [6.07, 6.45) is 3.06. The lowest BCUT2D eigenvalue weighted by Gasteiger charge is -2.13. The quantitative estimate of drug-likeness (QED) is 0.769. The van der Waals surface area contributed by atoms with Crippen molar-refractivity contribution in [1.29, 1.82) is 0 Å². The number of hydrogen-bond acceptors (Lipinski definition) is 4. The minimum atomic E-state index is -0.0538. The summed E-state index contributed by atoms with van der Waals surface area (Å²) in [5, 5.41) is 9.70. The van der Waals surface area contributed by atoms with Crippen LogP contribution in [0.15, 0.2) is 24.3 Å². The molecule has 24 heavy (non-hydrogen) atoms. The molecule has 1 aromatic heterocycles. The fraction of sp³-hybridized carbons (Fsp3) is 0.500. The monoisotopic (exact) mass is 330 g/mol. The molecule has 6 heteroatoms. The van der Waals surface area contributed by atoms with Crippen LogP contribution < -0.4 is 10.1 Å². The van der Waals surface area contributed by atoms with Gasteiger partial charge in [0.05, 0.1) is 7.11 Å². The van der Waals surface area contributed by atoms with Crippen LogP contribution in [-0.4, -0.2) is 28.2 Å². The maximum Gasteiger partial charge on any atom is 0.249 e. The second-order valence-corrected chi connectivity index (χ2v) is 6.22. The largest absolute Gasteiger partial charge is 0.497 e. The van der Waals surface area contributed by atoms with Crippen molar-refractivity contribution in [3.8, 4) is 17.1 Å². The number of H-pyrrole nitrogens is 1. The Morgan fingerprint density at radius 1 is 1.25 bits per heavy atom. The predicted molar refractivity (Wildman–Crippen MR) is 94.9 cm³/mol.